The van der Waals surface area contributed by atoms with Gasteiger partial charge in [-0.2, -0.15) is 0 Å². The molecule has 3 aromatic rings. The summed E-state index contributed by atoms with van der Waals surface area (Å²) in [4.78, 5) is 31.6. The normalized spacial score (nSPS) is 17.2. The van der Waals surface area contributed by atoms with Gasteiger partial charge in [-0.3, -0.25) is 9.69 Å². The number of carbonyl (C=O) groups excluding carboxylic acids is 1. The average Bonchev–Trinajstić information content (AvgIpc) is 3.05. The van der Waals surface area contributed by atoms with E-state index in [4.69, 9.17) is 16.3 Å². The summed E-state index contributed by atoms with van der Waals surface area (Å²) in [6.07, 6.45) is 1.07. The summed E-state index contributed by atoms with van der Waals surface area (Å²) in [5, 5.41) is 12.9. The molecule has 0 saturated carbocycles. The summed E-state index contributed by atoms with van der Waals surface area (Å²) in [6, 6.07) is 20.4. The van der Waals surface area contributed by atoms with E-state index < -0.39 is 12.1 Å². The van der Waals surface area contributed by atoms with Crippen molar-refractivity contribution in [1.29, 1.82) is 0 Å². The van der Waals surface area contributed by atoms with Gasteiger partial charge < -0.3 is 25.0 Å². The van der Waals surface area contributed by atoms with Crippen molar-refractivity contribution in [3.05, 3.63) is 88.7 Å². The minimum Gasteiger partial charge on any atom is -0.493 e. The number of piperazine rings is 1. The molecule has 1 atom stereocenters. The smallest absolute Gasteiger partial charge is 0.405 e. The molecule has 0 bridgehead atoms. The lowest BCUT2D eigenvalue weighted by Crippen LogP contribution is -2.58. The van der Waals surface area contributed by atoms with Gasteiger partial charge in [0.15, 0.2) is 0 Å². The SMILES string of the molecule is CCOc1cccc(F)c1CN1CCN(C(=O)[C@H](NC(=O)O)C2CCN(CCc3cc(-c4ccccc4)ccc3Cl)CC2)CC1. The quantitative estimate of drug-likeness (QED) is 0.278. The topological polar surface area (TPSA) is 85.3 Å². The molecule has 2 aliphatic rings. The van der Waals surface area contributed by atoms with Gasteiger partial charge in [-0.25, -0.2) is 9.18 Å². The monoisotopic (exact) mass is 636 g/mol. The zero-order valence-corrected chi connectivity index (χ0v) is 26.5. The van der Waals surface area contributed by atoms with E-state index >= 15 is 0 Å². The number of benzene rings is 3. The molecule has 0 aromatic heterocycles. The summed E-state index contributed by atoms with van der Waals surface area (Å²) in [6.45, 7) is 7.16. The second-order valence-corrected chi connectivity index (χ2v) is 12.2. The molecule has 8 nitrogen and oxygen atoms in total. The predicted molar refractivity (Wildman–Crippen MR) is 174 cm³/mol. The molecule has 2 aliphatic heterocycles. The highest BCUT2D eigenvalue weighted by Gasteiger charge is 2.36. The third-order valence-electron chi connectivity index (χ3n) is 8.94. The van der Waals surface area contributed by atoms with Gasteiger partial charge >= 0.3 is 6.09 Å². The number of hydrogen-bond acceptors (Lipinski definition) is 5. The predicted octanol–water partition coefficient (Wildman–Crippen LogP) is 5.78. The number of amides is 2. The van der Waals surface area contributed by atoms with E-state index in [0.717, 1.165) is 60.6 Å². The van der Waals surface area contributed by atoms with Gasteiger partial charge in [0, 0.05) is 49.9 Å². The maximum atomic E-state index is 14.6. The highest BCUT2D eigenvalue weighted by Crippen LogP contribution is 2.28. The third kappa shape index (κ3) is 8.54. The van der Waals surface area contributed by atoms with Crippen molar-refractivity contribution in [3.8, 4) is 16.9 Å². The van der Waals surface area contributed by atoms with E-state index in [0.29, 0.717) is 50.6 Å². The summed E-state index contributed by atoms with van der Waals surface area (Å²) in [5.74, 6) is -0.0295. The van der Waals surface area contributed by atoms with Crippen molar-refractivity contribution in [2.75, 3.05) is 52.4 Å². The van der Waals surface area contributed by atoms with E-state index in [1.54, 1.807) is 17.0 Å². The number of likely N-dealkylation sites (tertiary alicyclic amines) is 1. The molecule has 3 aromatic carbocycles. The summed E-state index contributed by atoms with van der Waals surface area (Å²) in [7, 11) is 0. The standard InChI is InChI=1S/C35H42ClFN4O4/c1-2-45-32-10-6-9-31(37)29(32)24-40-19-21-41(22-20-40)34(42)33(38-35(43)44)26-13-16-39(17-14-26)18-15-28-23-27(11-12-30(28)36)25-7-4-3-5-8-25/h3-12,23,26,33,38H,2,13-22,24H2,1H3,(H,43,44)/t33-/m1/s1. The summed E-state index contributed by atoms with van der Waals surface area (Å²) < 4.78 is 20.2. The first-order valence-corrected chi connectivity index (χ1v) is 16.2. The van der Waals surface area contributed by atoms with Crippen LogP contribution in [0.3, 0.4) is 0 Å². The Morgan fingerprint density at radius 1 is 0.956 bits per heavy atom. The van der Waals surface area contributed by atoms with Crippen molar-refractivity contribution < 1.29 is 23.8 Å². The first-order chi connectivity index (χ1) is 21.8. The number of ether oxygens (including phenoxy) is 1. The Morgan fingerprint density at radius 3 is 2.38 bits per heavy atom. The minimum absolute atomic E-state index is 0.0833. The van der Waals surface area contributed by atoms with E-state index in [1.807, 2.05) is 37.3 Å². The Labute approximate surface area is 269 Å². The van der Waals surface area contributed by atoms with Gasteiger partial charge in [0.2, 0.25) is 5.91 Å². The Kier molecular flexibility index (Phi) is 11.3. The fraction of sp³-hybridized carbons (Fsp3) is 0.429. The number of rotatable bonds is 11. The minimum atomic E-state index is -1.19. The van der Waals surface area contributed by atoms with E-state index in [2.05, 4.69) is 33.3 Å². The van der Waals surface area contributed by atoms with Crippen LogP contribution in [0.1, 0.15) is 30.9 Å². The number of nitrogens with zero attached hydrogens (tertiary/aromatic N) is 3. The molecule has 2 saturated heterocycles. The largest absolute Gasteiger partial charge is 0.493 e. The molecule has 0 unspecified atom stereocenters. The highest BCUT2D eigenvalue weighted by molar-refractivity contribution is 6.31. The molecule has 2 heterocycles. The van der Waals surface area contributed by atoms with Crippen molar-refractivity contribution in [2.24, 2.45) is 5.92 Å². The Hall–Kier alpha value is -3.66. The number of carboxylic acid groups (broad SMARTS) is 1. The van der Waals surface area contributed by atoms with Crippen molar-refractivity contribution in [3.63, 3.8) is 0 Å². The lowest BCUT2D eigenvalue weighted by Gasteiger charge is -2.40. The van der Waals surface area contributed by atoms with Crippen LogP contribution in [0.25, 0.3) is 11.1 Å². The van der Waals surface area contributed by atoms with Gasteiger partial charge in [-0.15, -0.1) is 0 Å². The molecular formula is C35H42ClFN4O4. The van der Waals surface area contributed by atoms with Crippen LogP contribution in [0, 0.1) is 11.7 Å². The van der Waals surface area contributed by atoms with Crippen LogP contribution in [0.15, 0.2) is 66.7 Å². The molecule has 0 spiro atoms. The fourth-order valence-corrected chi connectivity index (χ4v) is 6.62. The molecule has 0 aliphatic carbocycles. The van der Waals surface area contributed by atoms with Crippen LogP contribution in [-0.4, -0.2) is 90.3 Å². The van der Waals surface area contributed by atoms with Crippen molar-refractivity contribution in [2.45, 2.75) is 38.8 Å². The summed E-state index contributed by atoms with van der Waals surface area (Å²) in [5.41, 5.74) is 3.91. The van der Waals surface area contributed by atoms with E-state index in [1.165, 1.54) is 6.07 Å². The Morgan fingerprint density at radius 2 is 1.69 bits per heavy atom. The molecular weight excluding hydrogens is 595 g/mol. The number of hydrogen-bond donors (Lipinski definition) is 2. The first kappa shape index (κ1) is 32.7. The maximum absolute atomic E-state index is 14.6. The molecule has 2 amide bonds. The number of carbonyl (C=O) groups is 2. The number of nitrogens with one attached hydrogen (secondary N) is 1. The second kappa shape index (κ2) is 15.6. The zero-order valence-electron chi connectivity index (χ0n) is 25.8. The van der Waals surface area contributed by atoms with E-state index in [-0.39, 0.29) is 17.6 Å². The van der Waals surface area contributed by atoms with Gasteiger partial charge in [0.05, 0.1) is 6.61 Å². The maximum Gasteiger partial charge on any atom is 0.405 e. The molecule has 2 fully saturated rings. The Bertz CT molecular complexity index is 1440. The van der Waals surface area contributed by atoms with Crippen LogP contribution >= 0.6 is 11.6 Å². The van der Waals surface area contributed by atoms with Crippen LogP contribution < -0.4 is 10.1 Å². The zero-order chi connectivity index (χ0) is 31.8. The van der Waals surface area contributed by atoms with Crippen LogP contribution in [0.2, 0.25) is 5.02 Å². The third-order valence-corrected chi connectivity index (χ3v) is 9.31. The van der Waals surface area contributed by atoms with Gasteiger partial charge in [0.1, 0.15) is 17.6 Å². The molecule has 10 heteroatoms. The lowest BCUT2D eigenvalue weighted by molar-refractivity contribution is -0.137. The highest BCUT2D eigenvalue weighted by atomic mass is 35.5. The number of halogens is 2. The molecule has 45 heavy (non-hydrogen) atoms. The van der Waals surface area contributed by atoms with Gasteiger partial charge in [0.25, 0.3) is 0 Å². The molecule has 0 radical (unpaired) electrons. The average molecular weight is 637 g/mol. The van der Waals surface area contributed by atoms with Crippen molar-refractivity contribution in [1.82, 2.24) is 20.0 Å². The van der Waals surface area contributed by atoms with Crippen LogP contribution in [-0.2, 0) is 17.8 Å². The second-order valence-electron chi connectivity index (χ2n) is 11.8. The van der Waals surface area contributed by atoms with Gasteiger partial charge in [-0.1, -0.05) is 54.1 Å². The molecule has 2 N–H and O–H groups in total. The lowest BCUT2D eigenvalue weighted by atomic mass is 9.88. The molecule has 5 rings (SSSR count). The number of piperidine rings is 1. The van der Waals surface area contributed by atoms with Crippen LogP contribution in [0.5, 0.6) is 5.75 Å². The van der Waals surface area contributed by atoms with Gasteiger partial charge in [-0.05, 0) is 86.1 Å². The Balaban J connectivity index is 1.13. The molecule has 240 valence electrons. The summed E-state index contributed by atoms with van der Waals surface area (Å²) >= 11 is 6.55. The van der Waals surface area contributed by atoms with Crippen LogP contribution in [0.4, 0.5) is 9.18 Å². The van der Waals surface area contributed by atoms with Crippen molar-refractivity contribution >= 4 is 23.6 Å². The first-order valence-electron chi connectivity index (χ1n) is 15.8. The van der Waals surface area contributed by atoms with E-state index in [9.17, 15) is 19.1 Å². The fourth-order valence-electron chi connectivity index (χ4n) is 6.41.